The molecule has 0 spiro atoms. The van der Waals surface area contributed by atoms with Gasteiger partial charge in [0.15, 0.2) is 11.8 Å². The number of amides is 2. The third-order valence-electron chi connectivity index (χ3n) is 4.69. The van der Waals surface area contributed by atoms with E-state index in [-0.39, 0.29) is 23.7 Å². The van der Waals surface area contributed by atoms with Gasteiger partial charge in [-0.25, -0.2) is 4.79 Å². The number of benzene rings is 1. The highest BCUT2D eigenvalue weighted by molar-refractivity contribution is 6.31. The van der Waals surface area contributed by atoms with Crippen LogP contribution < -0.4 is 5.32 Å². The first kappa shape index (κ1) is 21.8. The van der Waals surface area contributed by atoms with Gasteiger partial charge < -0.3 is 25.2 Å². The lowest BCUT2D eigenvalue weighted by molar-refractivity contribution is -0.148. The summed E-state index contributed by atoms with van der Waals surface area (Å²) in [6, 6.07) is 6.84. The molecule has 2 heterocycles. The standard InChI is InChI=1S/C19H21ClN4O6/c20-12-4-2-1-3-11(12)9-13(16(25)19(28)29)21-17(26)14-10-15(23-22-14)18(27)24-5-7-30-8-6-24/h1-4,10,13,16,25H,5-9H2,(H,21,26)(H,22,23)(H,28,29)/t13-,16-/m1/s1. The molecule has 160 valence electrons. The Morgan fingerprint density at radius 2 is 1.97 bits per heavy atom. The lowest BCUT2D eigenvalue weighted by Gasteiger charge is -2.26. The number of carbonyl (C=O) groups excluding carboxylic acids is 2. The molecule has 1 aliphatic rings. The van der Waals surface area contributed by atoms with E-state index in [0.717, 1.165) is 0 Å². The highest BCUT2D eigenvalue weighted by Crippen LogP contribution is 2.18. The molecule has 2 amide bonds. The molecule has 0 unspecified atom stereocenters. The number of aliphatic hydroxyl groups excluding tert-OH is 1. The highest BCUT2D eigenvalue weighted by atomic mass is 35.5. The second-order valence-corrected chi connectivity index (χ2v) is 7.14. The molecule has 10 nitrogen and oxygen atoms in total. The molecule has 0 bridgehead atoms. The van der Waals surface area contributed by atoms with Crippen LogP contribution in [0, 0.1) is 0 Å². The summed E-state index contributed by atoms with van der Waals surface area (Å²) in [7, 11) is 0. The van der Waals surface area contributed by atoms with E-state index in [9.17, 15) is 24.6 Å². The van der Waals surface area contributed by atoms with Crippen molar-refractivity contribution >= 4 is 29.4 Å². The van der Waals surface area contributed by atoms with Gasteiger partial charge in [-0.05, 0) is 18.1 Å². The predicted octanol–water partition coefficient (Wildman–Crippen LogP) is 0.322. The van der Waals surface area contributed by atoms with Gasteiger partial charge in [0.25, 0.3) is 11.8 Å². The molecule has 4 N–H and O–H groups in total. The molecule has 0 radical (unpaired) electrons. The van der Waals surface area contributed by atoms with Crippen LogP contribution in [0.3, 0.4) is 0 Å². The van der Waals surface area contributed by atoms with Crippen molar-refractivity contribution in [3.63, 3.8) is 0 Å². The van der Waals surface area contributed by atoms with Crippen LogP contribution in [0.1, 0.15) is 26.5 Å². The Morgan fingerprint density at radius 3 is 2.63 bits per heavy atom. The predicted molar refractivity (Wildman–Crippen MR) is 105 cm³/mol. The first-order valence-electron chi connectivity index (χ1n) is 9.24. The minimum absolute atomic E-state index is 0.0110. The van der Waals surface area contributed by atoms with Gasteiger partial charge in [-0.2, -0.15) is 5.10 Å². The lowest BCUT2D eigenvalue weighted by atomic mass is 10.0. The SMILES string of the molecule is O=C(N[C@H](Cc1ccccc1Cl)[C@@H](O)C(=O)O)c1cc(C(=O)N2CCOCC2)[nH]n1. The Labute approximate surface area is 176 Å². The Kier molecular flexibility index (Phi) is 7.03. The van der Waals surface area contributed by atoms with E-state index in [1.54, 1.807) is 29.2 Å². The number of aromatic amines is 1. The van der Waals surface area contributed by atoms with Gasteiger partial charge in [0.05, 0.1) is 19.3 Å². The number of carbonyl (C=O) groups is 3. The van der Waals surface area contributed by atoms with Gasteiger partial charge in [0.2, 0.25) is 0 Å². The number of hydrogen-bond acceptors (Lipinski definition) is 6. The maximum atomic E-state index is 12.6. The molecule has 1 fully saturated rings. The summed E-state index contributed by atoms with van der Waals surface area (Å²) in [6.45, 7) is 1.74. The lowest BCUT2D eigenvalue weighted by Crippen LogP contribution is -2.48. The normalized spacial score (nSPS) is 16.0. The number of aromatic nitrogens is 2. The molecule has 3 rings (SSSR count). The van der Waals surface area contributed by atoms with E-state index in [1.165, 1.54) is 6.07 Å². The Hall–Kier alpha value is -2.95. The van der Waals surface area contributed by atoms with Crippen molar-refractivity contribution in [3.05, 3.63) is 52.3 Å². The van der Waals surface area contributed by atoms with Gasteiger partial charge in [-0.15, -0.1) is 0 Å². The number of aliphatic carboxylic acids is 1. The van der Waals surface area contributed by atoms with Gasteiger partial charge in [-0.1, -0.05) is 29.8 Å². The molecule has 2 atom stereocenters. The number of H-pyrrole nitrogens is 1. The van der Waals surface area contributed by atoms with Crippen LogP contribution in [0.15, 0.2) is 30.3 Å². The summed E-state index contributed by atoms with van der Waals surface area (Å²) in [5.41, 5.74) is 0.590. The number of carboxylic acid groups (broad SMARTS) is 1. The van der Waals surface area contributed by atoms with Crippen LogP contribution in [0.25, 0.3) is 0 Å². The summed E-state index contributed by atoms with van der Waals surface area (Å²) in [5, 5.41) is 28.4. The van der Waals surface area contributed by atoms with Crippen molar-refractivity contribution in [2.75, 3.05) is 26.3 Å². The third kappa shape index (κ3) is 5.15. The Morgan fingerprint density at radius 1 is 1.27 bits per heavy atom. The van der Waals surface area contributed by atoms with E-state index in [2.05, 4.69) is 15.5 Å². The van der Waals surface area contributed by atoms with Crippen LogP contribution in [0.5, 0.6) is 0 Å². The molecule has 0 saturated carbocycles. The second kappa shape index (κ2) is 9.70. The van der Waals surface area contributed by atoms with Gasteiger partial charge >= 0.3 is 5.97 Å². The van der Waals surface area contributed by atoms with Crippen molar-refractivity contribution in [2.24, 2.45) is 0 Å². The van der Waals surface area contributed by atoms with Crippen molar-refractivity contribution in [2.45, 2.75) is 18.6 Å². The van der Waals surface area contributed by atoms with Crippen LogP contribution in [0.4, 0.5) is 0 Å². The second-order valence-electron chi connectivity index (χ2n) is 6.73. The fourth-order valence-corrected chi connectivity index (χ4v) is 3.25. The largest absolute Gasteiger partial charge is 0.479 e. The van der Waals surface area contributed by atoms with Crippen molar-refractivity contribution in [3.8, 4) is 0 Å². The minimum Gasteiger partial charge on any atom is -0.479 e. The van der Waals surface area contributed by atoms with Gasteiger partial charge in [0, 0.05) is 24.2 Å². The van der Waals surface area contributed by atoms with E-state index in [4.69, 9.17) is 16.3 Å². The van der Waals surface area contributed by atoms with Gasteiger partial charge in [-0.3, -0.25) is 14.7 Å². The van der Waals surface area contributed by atoms with Gasteiger partial charge in [0.1, 0.15) is 5.69 Å². The first-order valence-corrected chi connectivity index (χ1v) is 9.62. The van der Waals surface area contributed by atoms with E-state index >= 15 is 0 Å². The topological polar surface area (TPSA) is 145 Å². The number of morpholine rings is 1. The highest BCUT2D eigenvalue weighted by Gasteiger charge is 2.30. The smallest absolute Gasteiger partial charge is 0.334 e. The van der Waals surface area contributed by atoms with E-state index < -0.39 is 24.0 Å². The van der Waals surface area contributed by atoms with Crippen molar-refractivity contribution < 1.29 is 29.3 Å². The summed E-state index contributed by atoms with van der Waals surface area (Å²) in [4.78, 5) is 37.9. The summed E-state index contributed by atoms with van der Waals surface area (Å²) < 4.78 is 5.21. The fourth-order valence-electron chi connectivity index (χ4n) is 3.04. The maximum Gasteiger partial charge on any atom is 0.334 e. The van der Waals surface area contributed by atoms with E-state index in [1.807, 2.05) is 0 Å². The third-order valence-corrected chi connectivity index (χ3v) is 5.06. The molecular weight excluding hydrogens is 416 g/mol. The number of halogens is 1. The number of hydrogen-bond donors (Lipinski definition) is 4. The molecule has 2 aromatic rings. The summed E-state index contributed by atoms with van der Waals surface area (Å²) in [5.74, 6) is -2.54. The molecule has 1 saturated heterocycles. The minimum atomic E-state index is -1.86. The van der Waals surface area contributed by atoms with Crippen molar-refractivity contribution in [1.29, 1.82) is 0 Å². The van der Waals surface area contributed by atoms with E-state index in [0.29, 0.717) is 36.9 Å². The Balaban J connectivity index is 1.72. The molecule has 0 aliphatic carbocycles. The molecule has 30 heavy (non-hydrogen) atoms. The number of nitrogens with zero attached hydrogens (tertiary/aromatic N) is 2. The zero-order chi connectivity index (χ0) is 21.7. The summed E-state index contributed by atoms with van der Waals surface area (Å²) in [6.07, 6.45) is -1.87. The van der Waals surface area contributed by atoms with Crippen LogP contribution in [-0.4, -0.2) is 81.5 Å². The van der Waals surface area contributed by atoms with Crippen LogP contribution in [0.2, 0.25) is 5.02 Å². The average Bonchev–Trinajstić information content (AvgIpc) is 3.24. The average molecular weight is 437 g/mol. The number of nitrogens with one attached hydrogen (secondary N) is 2. The number of rotatable bonds is 7. The monoisotopic (exact) mass is 436 g/mol. The number of ether oxygens (including phenoxy) is 1. The van der Waals surface area contributed by atoms with Crippen LogP contribution in [-0.2, 0) is 16.0 Å². The number of aliphatic hydroxyl groups is 1. The molecule has 1 aliphatic heterocycles. The molecule has 11 heteroatoms. The number of carboxylic acids is 1. The zero-order valence-corrected chi connectivity index (χ0v) is 16.6. The Bertz CT molecular complexity index is 927. The fraction of sp³-hybridized carbons (Fsp3) is 0.368. The molecular formula is C19H21ClN4O6. The quantitative estimate of drug-likeness (QED) is 0.489. The maximum absolute atomic E-state index is 12.6. The zero-order valence-electron chi connectivity index (χ0n) is 15.9. The van der Waals surface area contributed by atoms with Crippen molar-refractivity contribution in [1.82, 2.24) is 20.4 Å². The first-order chi connectivity index (χ1) is 14.4. The van der Waals surface area contributed by atoms with Crippen LogP contribution >= 0.6 is 11.6 Å². The molecule has 1 aromatic heterocycles. The summed E-state index contributed by atoms with van der Waals surface area (Å²) >= 11 is 6.11. The molecule has 1 aromatic carbocycles.